The molecule has 8 heteroatoms. The van der Waals surface area contributed by atoms with Crippen LogP contribution in [0.3, 0.4) is 0 Å². The zero-order chi connectivity index (χ0) is 17.6. The number of para-hydroxylation sites is 1. The minimum absolute atomic E-state index is 0.260. The number of H-pyrrole nitrogens is 1. The average molecular weight is 432 g/mol. The Morgan fingerprint density at radius 1 is 1.20 bits per heavy atom. The Balaban J connectivity index is 1.94. The molecule has 0 spiro atoms. The molecule has 0 aliphatic heterocycles. The number of hydrogen-bond acceptors (Lipinski definition) is 4. The van der Waals surface area contributed by atoms with Gasteiger partial charge in [0.15, 0.2) is 3.95 Å². The van der Waals surface area contributed by atoms with Gasteiger partial charge >= 0.3 is 0 Å². The highest BCUT2D eigenvalue weighted by molar-refractivity contribution is 9.10. The van der Waals surface area contributed by atoms with Crippen molar-refractivity contribution in [2.45, 2.75) is 0 Å². The molecule has 2 N–H and O–H groups in total. The molecule has 25 heavy (non-hydrogen) atoms. The smallest absolute Gasteiger partial charge is 0.269 e. The van der Waals surface area contributed by atoms with Crippen LogP contribution in [0.4, 0.5) is 5.69 Å². The average Bonchev–Trinajstić information content (AvgIpc) is 2.92. The molecule has 4 rings (SSSR count). The molecule has 2 aromatic carbocycles. The van der Waals surface area contributed by atoms with Crippen LogP contribution in [-0.2, 0) is 0 Å². The van der Waals surface area contributed by atoms with Gasteiger partial charge in [0.25, 0.3) is 11.5 Å². The van der Waals surface area contributed by atoms with Gasteiger partial charge in [-0.1, -0.05) is 45.5 Å². The number of carbonyl (C=O) groups excluding carboxylic acids is 1. The topological polar surface area (TPSA) is 66.4 Å². The van der Waals surface area contributed by atoms with Crippen LogP contribution in [0.5, 0.6) is 0 Å². The summed E-state index contributed by atoms with van der Waals surface area (Å²) in [5.74, 6) is -0.310. The second-order valence-corrected chi connectivity index (χ2v) is 7.88. The van der Waals surface area contributed by atoms with E-state index in [2.05, 4.69) is 26.2 Å². The van der Waals surface area contributed by atoms with E-state index in [9.17, 15) is 9.59 Å². The van der Waals surface area contributed by atoms with E-state index in [1.54, 1.807) is 28.7 Å². The molecular formula is C17H10BrN3O2S2. The summed E-state index contributed by atoms with van der Waals surface area (Å²) in [6.45, 7) is 0. The number of hydrogen-bond donors (Lipinski definition) is 2. The Morgan fingerprint density at radius 2 is 1.96 bits per heavy atom. The Morgan fingerprint density at radius 3 is 2.72 bits per heavy atom. The molecule has 0 unspecified atom stereocenters. The molecule has 0 bridgehead atoms. The third-order valence-electron chi connectivity index (χ3n) is 3.73. The van der Waals surface area contributed by atoms with E-state index in [1.165, 1.54) is 0 Å². The molecule has 0 atom stereocenters. The molecule has 0 aliphatic carbocycles. The Kier molecular flexibility index (Phi) is 4.03. The maximum absolute atomic E-state index is 12.7. The lowest BCUT2D eigenvalue weighted by molar-refractivity contribution is 0.103. The van der Waals surface area contributed by atoms with Gasteiger partial charge in [0.2, 0.25) is 0 Å². The summed E-state index contributed by atoms with van der Waals surface area (Å²) < 4.78 is 3.05. The van der Waals surface area contributed by atoms with Crippen molar-refractivity contribution in [2.24, 2.45) is 0 Å². The molecule has 0 saturated carbocycles. The monoisotopic (exact) mass is 431 g/mol. The van der Waals surface area contributed by atoms with E-state index >= 15 is 0 Å². The lowest BCUT2D eigenvalue weighted by Gasteiger charge is -2.05. The van der Waals surface area contributed by atoms with E-state index in [0.29, 0.717) is 31.1 Å². The summed E-state index contributed by atoms with van der Waals surface area (Å²) in [6, 6.07) is 14.5. The van der Waals surface area contributed by atoms with Gasteiger partial charge in [0, 0.05) is 10.2 Å². The molecule has 5 nitrogen and oxygen atoms in total. The van der Waals surface area contributed by atoms with Gasteiger partial charge in [-0.3, -0.25) is 14.0 Å². The Hall–Kier alpha value is -2.29. The molecular weight excluding hydrogens is 422 g/mol. The van der Waals surface area contributed by atoms with Crippen molar-refractivity contribution in [3.8, 4) is 0 Å². The maximum Gasteiger partial charge on any atom is 0.269 e. The third kappa shape index (κ3) is 2.82. The summed E-state index contributed by atoms with van der Waals surface area (Å²) >= 11 is 10.0. The van der Waals surface area contributed by atoms with Crippen LogP contribution in [0.2, 0.25) is 0 Å². The van der Waals surface area contributed by atoms with Crippen LogP contribution < -0.4 is 10.9 Å². The SMILES string of the molecule is O=C(Nc1ccccc1)c1sc(=S)n2c1[nH]c(=O)c1ccc(Br)cc12. The first-order valence-corrected chi connectivity index (χ1v) is 9.30. The fourth-order valence-electron chi connectivity index (χ4n) is 2.63. The van der Waals surface area contributed by atoms with Crippen LogP contribution >= 0.6 is 39.5 Å². The van der Waals surface area contributed by atoms with Crippen molar-refractivity contribution < 1.29 is 4.79 Å². The van der Waals surface area contributed by atoms with Crippen LogP contribution in [0, 0.1) is 3.95 Å². The van der Waals surface area contributed by atoms with E-state index in [1.807, 2.05) is 24.3 Å². The highest BCUT2D eigenvalue weighted by atomic mass is 79.9. The molecule has 1 amide bonds. The van der Waals surface area contributed by atoms with E-state index < -0.39 is 0 Å². The quantitative estimate of drug-likeness (QED) is 0.456. The van der Waals surface area contributed by atoms with Crippen LogP contribution in [0.1, 0.15) is 9.67 Å². The summed E-state index contributed by atoms with van der Waals surface area (Å²) in [6.07, 6.45) is 0. The minimum atomic E-state index is -0.310. The summed E-state index contributed by atoms with van der Waals surface area (Å²) in [5.41, 5.74) is 1.48. The van der Waals surface area contributed by atoms with Gasteiger partial charge in [0.05, 0.1) is 10.9 Å². The fraction of sp³-hybridized carbons (Fsp3) is 0. The number of aromatic amines is 1. The molecule has 0 aliphatic rings. The molecule has 124 valence electrons. The first kappa shape index (κ1) is 16.2. The normalized spacial score (nSPS) is 11.1. The molecule has 0 saturated heterocycles. The van der Waals surface area contributed by atoms with E-state index in [-0.39, 0.29) is 11.5 Å². The lowest BCUT2D eigenvalue weighted by atomic mass is 10.2. The standard InChI is InChI=1S/C17H10BrN3O2S2/c18-9-6-7-11-12(8-9)21-14(20-15(11)22)13(25-17(21)24)16(23)19-10-4-2-1-3-5-10/h1-8H,(H,19,23)(H,20,22). The molecule has 0 fully saturated rings. The van der Waals surface area contributed by atoms with Crippen molar-refractivity contribution in [3.05, 3.63) is 72.2 Å². The number of anilines is 1. The zero-order valence-corrected chi connectivity index (χ0v) is 15.8. The number of carbonyl (C=O) groups is 1. The van der Waals surface area contributed by atoms with Gasteiger partial charge in [-0.2, -0.15) is 0 Å². The summed E-state index contributed by atoms with van der Waals surface area (Å²) in [5, 5.41) is 3.34. The first-order chi connectivity index (χ1) is 12.0. The van der Waals surface area contributed by atoms with Crippen LogP contribution in [0.15, 0.2) is 57.8 Å². The number of halogens is 1. The number of rotatable bonds is 2. The zero-order valence-electron chi connectivity index (χ0n) is 12.6. The van der Waals surface area contributed by atoms with Crippen molar-refractivity contribution in [1.29, 1.82) is 0 Å². The largest absolute Gasteiger partial charge is 0.321 e. The molecule has 2 heterocycles. The number of aromatic nitrogens is 2. The summed E-state index contributed by atoms with van der Waals surface area (Å²) in [7, 11) is 0. The van der Waals surface area contributed by atoms with Crippen molar-refractivity contribution >= 4 is 67.6 Å². The van der Waals surface area contributed by atoms with Gasteiger partial charge < -0.3 is 10.3 Å². The summed E-state index contributed by atoms with van der Waals surface area (Å²) in [4.78, 5) is 28.2. The number of nitrogens with one attached hydrogen (secondary N) is 2. The molecule has 0 radical (unpaired) electrons. The van der Waals surface area contributed by atoms with Crippen molar-refractivity contribution in [2.75, 3.05) is 5.32 Å². The van der Waals surface area contributed by atoms with E-state index in [0.717, 1.165) is 15.8 Å². The number of fused-ring (bicyclic) bond motifs is 3. The van der Waals surface area contributed by atoms with Crippen LogP contribution in [0.25, 0.3) is 16.6 Å². The minimum Gasteiger partial charge on any atom is -0.321 e. The van der Waals surface area contributed by atoms with Gasteiger partial charge in [0.1, 0.15) is 10.5 Å². The maximum atomic E-state index is 12.7. The highest BCUT2D eigenvalue weighted by Crippen LogP contribution is 2.25. The van der Waals surface area contributed by atoms with E-state index in [4.69, 9.17) is 12.2 Å². The molecule has 2 aromatic heterocycles. The lowest BCUT2D eigenvalue weighted by Crippen LogP contribution is -2.14. The molecule has 4 aromatic rings. The van der Waals surface area contributed by atoms with Gasteiger partial charge in [-0.25, -0.2) is 0 Å². The highest BCUT2D eigenvalue weighted by Gasteiger charge is 2.18. The van der Waals surface area contributed by atoms with Gasteiger partial charge in [-0.15, -0.1) is 0 Å². The second kappa shape index (κ2) is 6.21. The number of thiazole rings is 1. The third-order valence-corrected chi connectivity index (χ3v) is 5.59. The Labute approximate surface area is 159 Å². The second-order valence-electron chi connectivity index (χ2n) is 5.32. The van der Waals surface area contributed by atoms with Crippen molar-refractivity contribution in [1.82, 2.24) is 9.38 Å². The predicted molar refractivity (Wildman–Crippen MR) is 106 cm³/mol. The predicted octanol–water partition coefficient (Wildman–Crippen LogP) is 4.59. The number of nitrogens with zero attached hydrogens (tertiary/aromatic N) is 1. The van der Waals surface area contributed by atoms with Crippen molar-refractivity contribution in [3.63, 3.8) is 0 Å². The number of benzene rings is 2. The fourth-order valence-corrected chi connectivity index (χ4v) is 4.25. The van der Waals surface area contributed by atoms with Crippen LogP contribution in [-0.4, -0.2) is 15.3 Å². The number of amides is 1. The first-order valence-electron chi connectivity index (χ1n) is 7.28. The van der Waals surface area contributed by atoms with Gasteiger partial charge in [-0.05, 0) is 42.5 Å². The Bertz CT molecular complexity index is 1240.